The Balaban J connectivity index is 1.87. The maximum atomic E-state index is 5.75. The molecule has 2 rings (SSSR count). The van der Waals surface area contributed by atoms with Crippen molar-refractivity contribution in [3.63, 3.8) is 0 Å². The van der Waals surface area contributed by atoms with E-state index in [0.717, 1.165) is 31.1 Å². The molecule has 14 heavy (non-hydrogen) atoms. The quantitative estimate of drug-likeness (QED) is 0.782. The van der Waals surface area contributed by atoms with Crippen molar-refractivity contribution >= 4 is 5.82 Å². The van der Waals surface area contributed by atoms with Gasteiger partial charge in [-0.05, 0) is 30.9 Å². The van der Waals surface area contributed by atoms with Crippen LogP contribution in [0, 0.1) is 5.92 Å². The van der Waals surface area contributed by atoms with E-state index in [1.807, 2.05) is 24.4 Å². The molecule has 0 spiro atoms. The summed E-state index contributed by atoms with van der Waals surface area (Å²) in [5.74, 6) is 1.81. The van der Waals surface area contributed by atoms with E-state index in [1.54, 1.807) is 0 Å². The van der Waals surface area contributed by atoms with Gasteiger partial charge in [-0.2, -0.15) is 0 Å². The van der Waals surface area contributed by atoms with Crippen molar-refractivity contribution in [2.75, 3.05) is 18.5 Å². The molecule has 3 nitrogen and oxygen atoms in total. The molecule has 1 aliphatic rings. The topological polar surface area (TPSA) is 42.1 Å². The fraction of sp³-hybridized carbons (Fsp3) is 0.545. The van der Waals surface area contributed by atoms with E-state index in [2.05, 4.69) is 16.9 Å². The van der Waals surface area contributed by atoms with Gasteiger partial charge >= 0.3 is 0 Å². The molecule has 0 unspecified atom stereocenters. The lowest BCUT2D eigenvalue weighted by molar-refractivity contribution is 0.270. The van der Waals surface area contributed by atoms with Crippen molar-refractivity contribution in [1.29, 1.82) is 0 Å². The van der Waals surface area contributed by atoms with Crippen molar-refractivity contribution in [2.45, 2.75) is 18.9 Å². The summed E-state index contributed by atoms with van der Waals surface area (Å²) in [6, 6.07) is 6.44. The molecular weight excluding hydrogens is 174 g/mol. The molecular formula is C11H17N3. The zero-order valence-corrected chi connectivity index (χ0v) is 8.56. The van der Waals surface area contributed by atoms with Crippen molar-refractivity contribution in [3.8, 4) is 0 Å². The molecule has 0 aromatic carbocycles. The Kier molecular flexibility index (Phi) is 2.68. The van der Waals surface area contributed by atoms with Crippen LogP contribution < -0.4 is 10.6 Å². The van der Waals surface area contributed by atoms with Gasteiger partial charge in [-0.1, -0.05) is 6.07 Å². The summed E-state index contributed by atoms with van der Waals surface area (Å²) < 4.78 is 0. The Morgan fingerprint density at radius 3 is 2.86 bits per heavy atom. The number of nitrogens with zero attached hydrogens (tertiary/aromatic N) is 2. The molecule has 1 aromatic rings. The molecule has 3 heteroatoms. The minimum absolute atomic E-state index is 0.442. The normalized spacial score (nSPS) is 25.6. The van der Waals surface area contributed by atoms with E-state index in [-0.39, 0.29) is 0 Å². The lowest BCUT2D eigenvalue weighted by atomic mass is 9.81. The van der Waals surface area contributed by atoms with E-state index < -0.39 is 0 Å². The highest BCUT2D eigenvalue weighted by atomic mass is 15.2. The largest absolute Gasteiger partial charge is 0.359 e. The Labute approximate surface area is 84.9 Å². The van der Waals surface area contributed by atoms with Gasteiger partial charge in [0.15, 0.2) is 0 Å². The lowest BCUT2D eigenvalue weighted by Gasteiger charge is -2.35. The number of rotatable bonds is 3. The van der Waals surface area contributed by atoms with Gasteiger partial charge in [0.25, 0.3) is 0 Å². The summed E-state index contributed by atoms with van der Waals surface area (Å²) in [5.41, 5.74) is 5.75. The van der Waals surface area contributed by atoms with Crippen molar-refractivity contribution in [1.82, 2.24) is 4.98 Å². The summed E-state index contributed by atoms with van der Waals surface area (Å²) in [7, 11) is 2.09. The fourth-order valence-corrected chi connectivity index (χ4v) is 2.00. The fourth-order valence-electron chi connectivity index (χ4n) is 2.00. The number of pyridine rings is 1. The van der Waals surface area contributed by atoms with Crippen LogP contribution in [0.2, 0.25) is 0 Å². The Morgan fingerprint density at radius 2 is 2.29 bits per heavy atom. The zero-order valence-electron chi connectivity index (χ0n) is 8.56. The number of anilines is 1. The van der Waals surface area contributed by atoms with Crippen LogP contribution in [-0.4, -0.2) is 24.6 Å². The highest BCUT2D eigenvalue weighted by molar-refractivity contribution is 5.36. The first-order valence-electron chi connectivity index (χ1n) is 5.13. The van der Waals surface area contributed by atoms with Gasteiger partial charge < -0.3 is 10.6 Å². The zero-order chi connectivity index (χ0) is 9.97. The molecule has 1 aliphatic carbocycles. The van der Waals surface area contributed by atoms with Gasteiger partial charge in [0.05, 0.1) is 0 Å². The molecule has 0 bridgehead atoms. The molecule has 1 aromatic heterocycles. The van der Waals surface area contributed by atoms with E-state index in [9.17, 15) is 0 Å². The van der Waals surface area contributed by atoms with Crippen molar-refractivity contribution < 1.29 is 0 Å². The standard InChI is InChI=1S/C11H17N3/c1-14(8-9-6-10(12)7-9)11-4-2-3-5-13-11/h2-5,9-10H,6-8,12H2,1H3. The number of aromatic nitrogens is 1. The predicted octanol–water partition coefficient (Wildman–Crippen LogP) is 1.26. The first-order valence-corrected chi connectivity index (χ1v) is 5.13. The number of nitrogens with two attached hydrogens (primary N) is 1. The Bertz CT molecular complexity index is 280. The van der Waals surface area contributed by atoms with Gasteiger partial charge in [0.2, 0.25) is 0 Å². The second-order valence-electron chi connectivity index (χ2n) is 4.17. The van der Waals surface area contributed by atoms with E-state index in [0.29, 0.717) is 6.04 Å². The summed E-state index contributed by atoms with van der Waals surface area (Å²) in [6.07, 6.45) is 4.16. The van der Waals surface area contributed by atoms with Crippen LogP contribution in [0.1, 0.15) is 12.8 Å². The van der Waals surface area contributed by atoms with Crippen LogP contribution in [0.5, 0.6) is 0 Å². The minimum atomic E-state index is 0.442. The first kappa shape index (κ1) is 9.46. The van der Waals surface area contributed by atoms with Gasteiger partial charge in [-0.15, -0.1) is 0 Å². The Morgan fingerprint density at radius 1 is 1.50 bits per heavy atom. The molecule has 1 heterocycles. The number of hydrogen-bond donors (Lipinski definition) is 1. The van der Waals surface area contributed by atoms with Crippen LogP contribution in [-0.2, 0) is 0 Å². The van der Waals surface area contributed by atoms with E-state index in [1.165, 1.54) is 0 Å². The second kappa shape index (κ2) is 3.96. The molecule has 0 atom stereocenters. The Hall–Kier alpha value is -1.09. The maximum absolute atomic E-state index is 5.75. The molecule has 1 saturated carbocycles. The van der Waals surface area contributed by atoms with E-state index >= 15 is 0 Å². The van der Waals surface area contributed by atoms with Crippen molar-refractivity contribution in [3.05, 3.63) is 24.4 Å². The van der Waals surface area contributed by atoms with Crippen LogP contribution in [0.3, 0.4) is 0 Å². The van der Waals surface area contributed by atoms with E-state index in [4.69, 9.17) is 5.73 Å². The van der Waals surface area contributed by atoms with Crippen LogP contribution in [0.25, 0.3) is 0 Å². The minimum Gasteiger partial charge on any atom is -0.359 e. The summed E-state index contributed by atoms with van der Waals surface area (Å²) in [6.45, 7) is 1.07. The highest BCUT2D eigenvalue weighted by Gasteiger charge is 2.26. The monoisotopic (exact) mass is 191 g/mol. The first-order chi connectivity index (χ1) is 6.75. The average Bonchev–Trinajstić information content (AvgIpc) is 2.17. The lowest BCUT2D eigenvalue weighted by Crippen LogP contribution is -2.42. The SMILES string of the molecule is CN(CC1CC(N)C1)c1ccccn1. The molecule has 1 fully saturated rings. The molecule has 0 radical (unpaired) electrons. The van der Waals surface area contributed by atoms with Gasteiger partial charge in [-0.3, -0.25) is 0 Å². The third kappa shape index (κ3) is 2.04. The molecule has 0 aliphatic heterocycles. The second-order valence-corrected chi connectivity index (χ2v) is 4.17. The van der Waals surface area contributed by atoms with Gasteiger partial charge in [0, 0.05) is 25.8 Å². The molecule has 76 valence electrons. The van der Waals surface area contributed by atoms with Gasteiger partial charge in [0.1, 0.15) is 5.82 Å². The van der Waals surface area contributed by atoms with Crippen LogP contribution >= 0.6 is 0 Å². The third-order valence-electron chi connectivity index (χ3n) is 2.84. The summed E-state index contributed by atoms with van der Waals surface area (Å²) >= 11 is 0. The summed E-state index contributed by atoms with van der Waals surface area (Å²) in [5, 5.41) is 0. The predicted molar refractivity (Wildman–Crippen MR) is 58.2 cm³/mol. The molecule has 0 amide bonds. The highest BCUT2D eigenvalue weighted by Crippen LogP contribution is 2.26. The van der Waals surface area contributed by atoms with Crippen molar-refractivity contribution in [2.24, 2.45) is 11.7 Å². The summed E-state index contributed by atoms with van der Waals surface area (Å²) in [4.78, 5) is 6.51. The smallest absolute Gasteiger partial charge is 0.128 e. The van der Waals surface area contributed by atoms with Crippen LogP contribution in [0.15, 0.2) is 24.4 Å². The maximum Gasteiger partial charge on any atom is 0.128 e. The van der Waals surface area contributed by atoms with Crippen LogP contribution in [0.4, 0.5) is 5.82 Å². The average molecular weight is 191 g/mol. The third-order valence-corrected chi connectivity index (χ3v) is 2.84. The molecule has 2 N–H and O–H groups in total. The molecule has 0 saturated heterocycles. The van der Waals surface area contributed by atoms with Gasteiger partial charge in [-0.25, -0.2) is 4.98 Å². The number of hydrogen-bond acceptors (Lipinski definition) is 3.